The van der Waals surface area contributed by atoms with E-state index in [0.717, 1.165) is 16.5 Å². The maximum atomic E-state index is 12.4. The fraction of sp³-hybridized carbons (Fsp3) is 0.200. The number of carbonyl (C=O) groups is 2. The van der Waals surface area contributed by atoms with E-state index in [4.69, 9.17) is 9.47 Å². The molecule has 1 amide bonds. The van der Waals surface area contributed by atoms with Crippen LogP contribution in [-0.2, 0) is 11.3 Å². The lowest BCUT2D eigenvalue weighted by Crippen LogP contribution is -2.30. The smallest absolute Gasteiger partial charge is 0.292 e. The van der Waals surface area contributed by atoms with Crippen molar-refractivity contribution in [3.8, 4) is 11.5 Å². The number of ether oxygens (including phenoxy) is 2. The van der Waals surface area contributed by atoms with Crippen LogP contribution in [0.15, 0.2) is 48.7 Å². The number of hydrogen-bond acceptors (Lipinski definition) is 4. The van der Waals surface area contributed by atoms with Gasteiger partial charge in [0.15, 0.2) is 11.5 Å². The molecule has 0 saturated carbocycles. The van der Waals surface area contributed by atoms with Gasteiger partial charge >= 0.3 is 0 Å². The third-order valence-corrected chi connectivity index (χ3v) is 4.02. The van der Waals surface area contributed by atoms with Crippen LogP contribution in [0.5, 0.6) is 11.5 Å². The molecule has 2 N–H and O–H groups in total. The summed E-state index contributed by atoms with van der Waals surface area (Å²) < 4.78 is 10.8. The second-order valence-electron chi connectivity index (χ2n) is 5.68. The van der Waals surface area contributed by atoms with Crippen molar-refractivity contribution in [1.29, 1.82) is 0 Å². The fourth-order valence-corrected chi connectivity index (χ4v) is 2.74. The average molecular weight is 352 g/mol. The molecule has 1 heterocycles. The lowest BCUT2D eigenvalue weighted by atomic mass is 10.1. The molecule has 6 heteroatoms. The molecular weight excluding hydrogens is 332 g/mol. The summed E-state index contributed by atoms with van der Waals surface area (Å²) in [4.78, 5) is 27.7. The van der Waals surface area contributed by atoms with E-state index in [9.17, 15) is 9.59 Å². The molecule has 26 heavy (non-hydrogen) atoms. The number of nitrogens with one attached hydrogen (secondary N) is 2. The largest absolute Gasteiger partial charge is 0.493 e. The topological polar surface area (TPSA) is 80.4 Å². The van der Waals surface area contributed by atoms with Crippen molar-refractivity contribution in [1.82, 2.24) is 10.3 Å². The van der Waals surface area contributed by atoms with Gasteiger partial charge in [-0.05, 0) is 30.7 Å². The van der Waals surface area contributed by atoms with Gasteiger partial charge in [0.25, 0.3) is 11.7 Å². The van der Waals surface area contributed by atoms with Gasteiger partial charge in [-0.2, -0.15) is 0 Å². The number of rotatable bonds is 7. The molecule has 1 aromatic heterocycles. The Morgan fingerprint density at radius 3 is 2.69 bits per heavy atom. The molecule has 2 aromatic carbocycles. The number of ketones is 1. The summed E-state index contributed by atoms with van der Waals surface area (Å²) in [5.74, 6) is 0.00413. The Bertz CT molecular complexity index is 946. The maximum absolute atomic E-state index is 12.4. The standard InChI is InChI=1S/C20H20N2O4/c1-3-26-17-9-8-13(10-18(17)25-2)11-22-20(24)19(23)15-12-21-16-7-5-4-6-14(15)16/h4-10,12,21H,3,11H2,1-2H3,(H,22,24). The van der Waals surface area contributed by atoms with Crippen LogP contribution in [0.25, 0.3) is 10.9 Å². The van der Waals surface area contributed by atoms with Crippen LogP contribution >= 0.6 is 0 Å². The average Bonchev–Trinajstić information content (AvgIpc) is 3.10. The highest BCUT2D eigenvalue weighted by atomic mass is 16.5. The van der Waals surface area contributed by atoms with Gasteiger partial charge in [0.1, 0.15) is 0 Å². The fourth-order valence-electron chi connectivity index (χ4n) is 2.74. The molecule has 0 saturated heterocycles. The molecule has 0 bridgehead atoms. The zero-order chi connectivity index (χ0) is 18.5. The number of methoxy groups -OCH3 is 1. The molecule has 134 valence electrons. The van der Waals surface area contributed by atoms with Crippen LogP contribution in [0.3, 0.4) is 0 Å². The van der Waals surface area contributed by atoms with Crippen molar-refractivity contribution in [3.05, 3.63) is 59.8 Å². The third-order valence-electron chi connectivity index (χ3n) is 4.02. The number of fused-ring (bicyclic) bond motifs is 1. The van der Waals surface area contributed by atoms with Crippen LogP contribution in [-0.4, -0.2) is 30.4 Å². The first-order chi connectivity index (χ1) is 12.6. The third kappa shape index (κ3) is 3.54. The SMILES string of the molecule is CCOc1ccc(CNC(=O)C(=O)c2c[nH]c3ccccc23)cc1OC. The highest BCUT2D eigenvalue weighted by Gasteiger charge is 2.19. The van der Waals surface area contributed by atoms with Crippen molar-refractivity contribution in [2.75, 3.05) is 13.7 Å². The second-order valence-corrected chi connectivity index (χ2v) is 5.68. The Labute approximate surface area is 151 Å². The van der Waals surface area contributed by atoms with Crippen LogP contribution < -0.4 is 14.8 Å². The molecule has 0 unspecified atom stereocenters. The molecule has 3 rings (SSSR count). The number of aromatic nitrogens is 1. The van der Waals surface area contributed by atoms with Crippen LogP contribution in [0.4, 0.5) is 0 Å². The lowest BCUT2D eigenvalue weighted by molar-refractivity contribution is -0.117. The van der Waals surface area contributed by atoms with E-state index in [0.29, 0.717) is 23.7 Å². The van der Waals surface area contributed by atoms with Crippen molar-refractivity contribution < 1.29 is 19.1 Å². The van der Waals surface area contributed by atoms with E-state index >= 15 is 0 Å². The molecule has 0 fully saturated rings. The minimum atomic E-state index is -0.650. The van der Waals surface area contributed by atoms with Crippen molar-refractivity contribution >= 4 is 22.6 Å². The Morgan fingerprint density at radius 1 is 1.12 bits per heavy atom. The summed E-state index contributed by atoms with van der Waals surface area (Å²) in [5, 5.41) is 3.39. The minimum absolute atomic E-state index is 0.218. The molecular formula is C20H20N2O4. The van der Waals surface area contributed by atoms with Crippen LogP contribution in [0, 0.1) is 0 Å². The van der Waals surface area contributed by atoms with Crippen LogP contribution in [0.2, 0.25) is 0 Å². The summed E-state index contributed by atoms with van der Waals surface area (Å²) in [6, 6.07) is 12.8. The first-order valence-corrected chi connectivity index (χ1v) is 8.32. The zero-order valence-electron chi connectivity index (χ0n) is 14.7. The van der Waals surface area contributed by atoms with E-state index in [1.165, 1.54) is 0 Å². The van der Waals surface area contributed by atoms with Gasteiger partial charge in [0.05, 0.1) is 19.3 Å². The molecule has 3 aromatic rings. The molecule has 0 aliphatic heterocycles. The Morgan fingerprint density at radius 2 is 1.92 bits per heavy atom. The Balaban J connectivity index is 1.69. The quantitative estimate of drug-likeness (QED) is 0.506. The second kappa shape index (κ2) is 7.74. The number of carbonyl (C=O) groups excluding carboxylic acids is 2. The van der Waals surface area contributed by atoms with E-state index in [1.807, 2.05) is 37.3 Å². The highest BCUT2D eigenvalue weighted by molar-refractivity contribution is 6.44. The molecule has 6 nitrogen and oxygen atoms in total. The molecule has 0 aliphatic carbocycles. The van der Waals surface area contributed by atoms with Gasteiger partial charge < -0.3 is 19.8 Å². The highest BCUT2D eigenvalue weighted by Crippen LogP contribution is 2.28. The Hall–Kier alpha value is -3.28. The summed E-state index contributed by atoms with van der Waals surface area (Å²) in [6.45, 7) is 2.64. The van der Waals surface area contributed by atoms with Gasteiger partial charge in [-0.25, -0.2) is 0 Å². The van der Waals surface area contributed by atoms with Gasteiger partial charge in [0, 0.05) is 23.6 Å². The summed E-state index contributed by atoms with van der Waals surface area (Å²) in [7, 11) is 1.56. The van der Waals surface area contributed by atoms with Gasteiger partial charge in [0.2, 0.25) is 0 Å². The zero-order valence-corrected chi connectivity index (χ0v) is 14.7. The summed E-state index contributed by atoms with van der Waals surface area (Å²) >= 11 is 0. The summed E-state index contributed by atoms with van der Waals surface area (Å²) in [6.07, 6.45) is 1.56. The Kier molecular flexibility index (Phi) is 5.22. The molecule has 0 radical (unpaired) electrons. The van der Waals surface area contributed by atoms with Gasteiger partial charge in [-0.15, -0.1) is 0 Å². The predicted octanol–water partition coefficient (Wildman–Crippen LogP) is 3.07. The van der Waals surface area contributed by atoms with E-state index in [1.54, 1.807) is 25.4 Å². The minimum Gasteiger partial charge on any atom is -0.493 e. The van der Waals surface area contributed by atoms with Gasteiger partial charge in [-0.3, -0.25) is 9.59 Å². The normalized spacial score (nSPS) is 10.5. The van der Waals surface area contributed by atoms with Crippen molar-refractivity contribution in [3.63, 3.8) is 0 Å². The number of amides is 1. The lowest BCUT2D eigenvalue weighted by Gasteiger charge is -2.11. The van der Waals surface area contributed by atoms with Crippen molar-refractivity contribution in [2.45, 2.75) is 13.5 Å². The number of hydrogen-bond donors (Lipinski definition) is 2. The number of H-pyrrole nitrogens is 1. The van der Waals surface area contributed by atoms with Crippen LogP contribution in [0.1, 0.15) is 22.8 Å². The number of aromatic amines is 1. The number of para-hydroxylation sites is 1. The molecule has 0 aliphatic rings. The van der Waals surface area contributed by atoms with E-state index in [-0.39, 0.29) is 6.54 Å². The van der Waals surface area contributed by atoms with E-state index in [2.05, 4.69) is 10.3 Å². The first kappa shape index (κ1) is 17.5. The number of Topliss-reactive ketones (excluding diaryl/α,β-unsaturated/α-hetero) is 1. The van der Waals surface area contributed by atoms with E-state index < -0.39 is 11.7 Å². The molecule has 0 spiro atoms. The molecule has 0 atom stereocenters. The number of benzene rings is 2. The maximum Gasteiger partial charge on any atom is 0.292 e. The summed E-state index contributed by atoms with van der Waals surface area (Å²) in [5.41, 5.74) is 1.99. The van der Waals surface area contributed by atoms with Crippen molar-refractivity contribution in [2.24, 2.45) is 0 Å². The first-order valence-electron chi connectivity index (χ1n) is 8.32. The monoisotopic (exact) mass is 352 g/mol. The predicted molar refractivity (Wildman–Crippen MR) is 98.6 cm³/mol. The van der Waals surface area contributed by atoms with Gasteiger partial charge in [-0.1, -0.05) is 24.3 Å².